The number of fused-ring (bicyclic) bond motifs is 2. The number of rotatable bonds is 4. The van der Waals surface area contributed by atoms with Crippen molar-refractivity contribution in [2.24, 2.45) is 0 Å². The van der Waals surface area contributed by atoms with Gasteiger partial charge in [-0.2, -0.15) is 0 Å². The Balaban J connectivity index is 1.87. The van der Waals surface area contributed by atoms with Crippen LogP contribution in [0.4, 0.5) is 0 Å². The molecule has 0 saturated heterocycles. The summed E-state index contributed by atoms with van der Waals surface area (Å²) in [5.41, 5.74) is 3.65. The molecule has 0 saturated carbocycles. The van der Waals surface area contributed by atoms with Crippen molar-refractivity contribution < 1.29 is 14.3 Å². The van der Waals surface area contributed by atoms with Crippen molar-refractivity contribution in [2.75, 3.05) is 14.1 Å². The van der Waals surface area contributed by atoms with Gasteiger partial charge in [-0.05, 0) is 47.0 Å². The molecule has 3 aromatic rings. The molecule has 4 rings (SSSR count). The van der Waals surface area contributed by atoms with E-state index in [1.807, 2.05) is 42.5 Å². The van der Waals surface area contributed by atoms with Gasteiger partial charge >= 0.3 is 0 Å². The molecule has 5 nitrogen and oxygen atoms in total. The van der Waals surface area contributed by atoms with E-state index < -0.39 is 6.10 Å². The van der Waals surface area contributed by atoms with Crippen molar-refractivity contribution >= 4 is 22.6 Å². The van der Waals surface area contributed by atoms with Gasteiger partial charge in [0.2, 0.25) is 0 Å². The molecule has 142 valence electrons. The quantitative estimate of drug-likeness (QED) is 0.759. The molecule has 1 unspecified atom stereocenters. The van der Waals surface area contributed by atoms with Gasteiger partial charge in [0.25, 0.3) is 11.8 Å². The molecule has 1 aliphatic rings. The van der Waals surface area contributed by atoms with E-state index in [0.717, 1.165) is 33.0 Å². The first kappa shape index (κ1) is 18.0. The molecule has 0 fully saturated rings. The predicted octanol–water partition coefficient (Wildman–Crippen LogP) is 3.61. The largest absolute Gasteiger partial charge is 0.480 e. The Morgan fingerprint density at radius 2 is 1.93 bits per heavy atom. The highest BCUT2D eigenvalue weighted by Crippen LogP contribution is 2.39. The van der Waals surface area contributed by atoms with E-state index in [2.05, 4.69) is 17.4 Å². The highest BCUT2D eigenvalue weighted by atomic mass is 16.5. The zero-order valence-electron chi connectivity index (χ0n) is 16.2. The van der Waals surface area contributed by atoms with Gasteiger partial charge in [0.05, 0.1) is 0 Å². The van der Waals surface area contributed by atoms with E-state index in [1.165, 1.54) is 0 Å². The average Bonchev–Trinajstić information content (AvgIpc) is 3.00. The average molecular weight is 374 g/mol. The number of hydrogen-bond acceptors (Lipinski definition) is 3. The number of carbonyl (C=O) groups excluding carboxylic acids is 2. The van der Waals surface area contributed by atoms with Crippen LogP contribution in [0.2, 0.25) is 0 Å². The molecule has 0 aromatic heterocycles. The number of amides is 2. The van der Waals surface area contributed by atoms with E-state index in [1.54, 1.807) is 25.9 Å². The number of ether oxygens (including phenoxy) is 1. The summed E-state index contributed by atoms with van der Waals surface area (Å²) in [5.74, 6) is 0.511. The van der Waals surface area contributed by atoms with Crippen LogP contribution in [0.1, 0.15) is 22.8 Å². The van der Waals surface area contributed by atoms with Crippen molar-refractivity contribution in [2.45, 2.75) is 19.6 Å². The number of hydrogen-bond donors (Lipinski definition) is 1. The van der Waals surface area contributed by atoms with Gasteiger partial charge in [0.15, 0.2) is 6.10 Å². The zero-order valence-corrected chi connectivity index (χ0v) is 16.2. The standard InChI is InChI=1S/C23H22N2O3/c1-14(22(26)24-2)28-20-11-9-15-6-4-5-7-18(15)21(20)16-8-10-19-17(12-16)13-25(3)23(19)27/h4-12,14H,13H2,1-3H3,(H,24,26). The molecule has 5 heteroatoms. The van der Waals surface area contributed by atoms with Crippen LogP contribution in [0.15, 0.2) is 54.6 Å². The summed E-state index contributed by atoms with van der Waals surface area (Å²) in [7, 11) is 3.40. The minimum Gasteiger partial charge on any atom is -0.480 e. The van der Waals surface area contributed by atoms with Gasteiger partial charge in [0, 0.05) is 31.8 Å². The highest BCUT2D eigenvalue weighted by molar-refractivity contribution is 6.02. The molecule has 1 heterocycles. The molecule has 0 bridgehead atoms. The van der Waals surface area contributed by atoms with Gasteiger partial charge in [-0.1, -0.05) is 36.4 Å². The van der Waals surface area contributed by atoms with E-state index >= 15 is 0 Å². The summed E-state index contributed by atoms with van der Waals surface area (Å²) >= 11 is 0. The minimum absolute atomic E-state index is 0.0455. The Hall–Kier alpha value is -3.34. The van der Waals surface area contributed by atoms with Crippen LogP contribution in [0, 0.1) is 0 Å². The van der Waals surface area contributed by atoms with Gasteiger partial charge in [-0.3, -0.25) is 9.59 Å². The van der Waals surface area contributed by atoms with Crippen LogP contribution in [0.3, 0.4) is 0 Å². The normalized spacial score (nSPS) is 14.1. The van der Waals surface area contributed by atoms with Crippen LogP contribution < -0.4 is 10.1 Å². The Morgan fingerprint density at radius 3 is 2.71 bits per heavy atom. The molecule has 0 radical (unpaired) electrons. The molecule has 28 heavy (non-hydrogen) atoms. The maximum Gasteiger partial charge on any atom is 0.260 e. The van der Waals surface area contributed by atoms with Gasteiger partial charge in [-0.15, -0.1) is 0 Å². The fourth-order valence-corrected chi connectivity index (χ4v) is 3.72. The first-order valence-electron chi connectivity index (χ1n) is 9.28. The van der Waals surface area contributed by atoms with E-state index in [0.29, 0.717) is 12.3 Å². The van der Waals surface area contributed by atoms with Gasteiger partial charge in [0.1, 0.15) is 5.75 Å². The van der Waals surface area contributed by atoms with E-state index in [4.69, 9.17) is 4.74 Å². The molecule has 1 N–H and O–H groups in total. The van der Waals surface area contributed by atoms with Gasteiger partial charge < -0.3 is 15.0 Å². The second-order valence-corrected chi connectivity index (χ2v) is 7.07. The lowest BCUT2D eigenvalue weighted by Crippen LogP contribution is -2.33. The minimum atomic E-state index is -0.618. The Bertz CT molecular complexity index is 1090. The number of nitrogens with one attached hydrogen (secondary N) is 1. The molecule has 3 aromatic carbocycles. The summed E-state index contributed by atoms with van der Waals surface area (Å²) in [6.07, 6.45) is -0.618. The third kappa shape index (κ3) is 2.99. The zero-order chi connectivity index (χ0) is 19.8. The van der Waals surface area contributed by atoms with Crippen LogP contribution in [0.5, 0.6) is 5.75 Å². The monoisotopic (exact) mass is 374 g/mol. The molecule has 2 amide bonds. The van der Waals surface area contributed by atoms with Crippen LogP contribution >= 0.6 is 0 Å². The lowest BCUT2D eigenvalue weighted by Gasteiger charge is -2.18. The summed E-state index contributed by atoms with van der Waals surface area (Å²) in [6.45, 7) is 2.33. The lowest BCUT2D eigenvalue weighted by atomic mass is 9.94. The second-order valence-electron chi connectivity index (χ2n) is 7.07. The first-order chi connectivity index (χ1) is 13.5. The molecule has 0 spiro atoms. The predicted molar refractivity (Wildman–Crippen MR) is 109 cm³/mol. The second kappa shape index (κ2) is 7.00. The number of carbonyl (C=O) groups is 2. The Kier molecular flexibility index (Phi) is 4.51. The maximum atomic E-state index is 12.2. The van der Waals surface area contributed by atoms with Crippen molar-refractivity contribution in [1.82, 2.24) is 10.2 Å². The highest BCUT2D eigenvalue weighted by Gasteiger charge is 2.25. The SMILES string of the molecule is CNC(=O)C(C)Oc1ccc2ccccc2c1-c1ccc2c(c1)CN(C)C2=O. The maximum absolute atomic E-state index is 12.2. The van der Waals surface area contributed by atoms with Crippen molar-refractivity contribution in [3.63, 3.8) is 0 Å². The molecular formula is C23H22N2O3. The first-order valence-corrected chi connectivity index (χ1v) is 9.28. The van der Waals surface area contributed by atoms with Crippen molar-refractivity contribution in [1.29, 1.82) is 0 Å². The summed E-state index contributed by atoms with van der Waals surface area (Å²) in [6, 6.07) is 17.9. The van der Waals surface area contributed by atoms with Gasteiger partial charge in [-0.25, -0.2) is 0 Å². The third-order valence-electron chi connectivity index (χ3n) is 5.19. The number of likely N-dealkylation sites (N-methyl/N-ethyl adjacent to an activating group) is 1. The third-order valence-corrected chi connectivity index (χ3v) is 5.19. The Labute approximate surface area is 163 Å². The van der Waals surface area contributed by atoms with Crippen LogP contribution in [-0.4, -0.2) is 36.9 Å². The Morgan fingerprint density at radius 1 is 1.14 bits per heavy atom. The molecule has 0 aliphatic carbocycles. The number of nitrogens with zero attached hydrogens (tertiary/aromatic N) is 1. The van der Waals surface area contributed by atoms with Crippen LogP contribution in [0.25, 0.3) is 21.9 Å². The molecule has 1 aliphatic heterocycles. The number of benzene rings is 3. The lowest BCUT2D eigenvalue weighted by molar-refractivity contribution is -0.126. The summed E-state index contributed by atoms with van der Waals surface area (Å²) < 4.78 is 6.03. The smallest absolute Gasteiger partial charge is 0.260 e. The fourth-order valence-electron chi connectivity index (χ4n) is 3.72. The van der Waals surface area contributed by atoms with E-state index in [9.17, 15) is 9.59 Å². The topological polar surface area (TPSA) is 58.6 Å². The van der Waals surface area contributed by atoms with E-state index in [-0.39, 0.29) is 11.8 Å². The van der Waals surface area contributed by atoms with Crippen molar-refractivity contribution in [3.05, 3.63) is 65.7 Å². The fraction of sp³-hybridized carbons (Fsp3) is 0.217. The summed E-state index contributed by atoms with van der Waals surface area (Å²) in [4.78, 5) is 25.9. The van der Waals surface area contributed by atoms with Crippen molar-refractivity contribution in [3.8, 4) is 16.9 Å². The molecular weight excluding hydrogens is 352 g/mol. The molecule has 1 atom stereocenters. The van der Waals surface area contributed by atoms with Crippen LogP contribution in [-0.2, 0) is 11.3 Å². The summed E-state index contributed by atoms with van der Waals surface area (Å²) in [5, 5.41) is 4.75.